The summed E-state index contributed by atoms with van der Waals surface area (Å²) in [5, 5.41) is 8.57. The summed E-state index contributed by atoms with van der Waals surface area (Å²) in [6, 6.07) is 0. The molecule has 9 heavy (non-hydrogen) atoms. The molecule has 0 rings (SSSR count). The second-order valence-corrected chi connectivity index (χ2v) is 1.92. The molecule has 0 aromatic carbocycles. The first-order valence-electron chi connectivity index (χ1n) is 2.75. The number of aliphatic hydroxyl groups excluding tert-OH is 1. The van der Waals surface area contributed by atoms with Crippen LogP contribution >= 0.6 is 0 Å². The molecule has 3 nitrogen and oxygen atoms in total. The third kappa shape index (κ3) is 3.97. The third-order valence-electron chi connectivity index (χ3n) is 0.658. The molecule has 0 amide bonds. The molecule has 0 bridgehead atoms. The normalized spacial score (nSPS) is 13.4. The number of aliphatic hydroxyl groups is 1. The number of ether oxygens (including phenoxy) is 1. The molecule has 2 atom stereocenters. The van der Waals surface area contributed by atoms with Crippen LogP contribution < -0.4 is 0 Å². The van der Waals surface area contributed by atoms with Crippen molar-refractivity contribution in [2.75, 3.05) is 0 Å². The Morgan fingerprint density at radius 2 is 2.11 bits per heavy atom. The molecule has 3 heteroatoms. The summed E-state index contributed by atoms with van der Waals surface area (Å²) in [4.78, 5) is 10.4. The molecule has 0 heterocycles. The highest BCUT2D eigenvalue weighted by Gasteiger charge is 2.10. The first kappa shape index (κ1) is 8.43. The average molecular weight is 131 g/mol. The van der Waals surface area contributed by atoms with Crippen molar-refractivity contribution in [1.82, 2.24) is 0 Å². The minimum absolute atomic E-state index is 0.396. The van der Waals surface area contributed by atoms with E-state index in [4.69, 9.17) is 5.11 Å². The number of rotatable bonds is 2. The van der Waals surface area contributed by atoms with Gasteiger partial charge in [-0.2, -0.15) is 0 Å². The molecule has 0 aliphatic heterocycles. The fraction of sp³-hybridized carbons (Fsp3) is 0.667. The van der Waals surface area contributed by atoms with Gasteiger partial charge in [-0.1, -0.05) is 0 Å². The van der Waals surface area contributed by atoms with E-state index in [2.05, 4.69) is 11.7 Å². The third-order valence-corrected chi connectivity index (χ3v) is 0.658. The van der Waals surface area contributed by atoms with Crippen LogP contribution in [0.1, 0.15) is 13.8 Å². The van der Waals surface area contributed by atoms with Crippen molar-refractivity contribution in [3.8, 4) is 0 Å². The van der Waals surface area contributed by atoms with Gasteiger partial charge in [-0.05, 0) is 20.8 Å². The summed E-state index contributed by atoms with van der Waals surface area (Å²) >= 11 is 0. The van der Waals surface area contributed by atoms with Gasteiger partial charge in [0.2, 0.25) is 0 Å². The zero-order chi connectivity index (χ0) is 7.44. The highest BCUT2D eigenvalue weighted by Crippen LogP contribution is 1.91. The van der Waals surface area contributed by atoms with Gasteiger partial charge < -0.3 is 9.84 Å². The molecule has 0 aliphatic rings. The fourth-order valence-corrected chi connectivity index (χ4v) is 0.297. The van der Waals surface area contributed by atoms with E-state index in [0.29, 0.717) is 0 Å². The first-order chi connectivity index (χ1) is 4.04. The smallest absolute Gasteiger partial charge is 0.334 e. The lowest BCUT2D eigenvalue weighted by Crippen LogP contribution is -2.22. The molecule has 2 unspecified atom stereocenters. The molecular weight excluding hydrogens is 120 g/mol. The van der Waals surface area contributed by atoms with Crippen LogP contribution in [0.25, 0.3) is 0 Å². The maximum Gasteiger partial charge on any atom is 0.334 e. The van der Waals surface area contributed by atoms with E-state index in [9.17, 15) is 4.79 Å². The minimum Gasteiger partial charge on any atom is -0.461 e. The van der Waals surface area contributed by atoms with Gasteiger partial charge >= 0.3 is 5.97 Å². The van der Waals surface area contributed by atoms with Gasteiger partial charge in [0.25, 0.3) is 0 Å². The molecule has 0 fully saturated rings. The van der Waals surface area contributed by atoms with Crippen molar-refractivity contribution in [2.45, 2.75) is 26.1 Å². The van der Waals surface area contributed by atoms with Crippen molar-refractivity contribution in [3.05, 3.63) is 6.92 Å². The van der Waals surface area contributed by atoms with Gasteiger partial charge in [-0.15, -0.1) is 0 Å². The van der Waals surface area contributed by atoms with E-state index in [1.165, 1.54) is 6.92 Å². The molecule has 0 aromatic rings. The Labute approximate surface area is 54.6 Å². The van der Waals surface area contributed by atoms with E-state index in [1.807, 2.05) is 0 Å². The number of carbonyl (C=O) groups excluding carboxylic acids is 1. The zero-order valence-corrected chi connectivity index (χ0v) is 5.63. The average Bonchev–Trinajstić information content (AvgIpc) is 1.63. The molecule has 1 radical (unpaired) electrons. The highest BCUT2D eigenvalue weighted by molar-refractivity contribution is 5.73. The Morgan fingerprint density at radius 1 is 1.67 bits per heavy atom. The quantitative estimate of drug-likeness (QED) is 0.542. The van der Waals surface area contributed by atoms with Gasteiger partial charge in [0.15, 0.2) is 0 Å². The van der Waals surface area contributed by atoms with Crippen molar-refractivity contribution >= 4 is 5.97 Å². The SMILES string of the molecule is [CH2]C(C)OC(=O)C(C)O. The summed E-state index contributed by atoms with van der Waals surface area (Å²) in [5.41, 5.74) is 0. The van der Waals surface area contributed by atoms with Crippen LogP contribution in [-0.4, -0.2) is 23.3 Å². The summed E-state index contributed by atoms with van der Waals surface area (Å²) in [5.74, 6) is -0.627. The van der Waals surface area contributed by atoms with E-state index in [0.717, 1.165) is 0 Å². The van der Waals surface area contributed by atoms with Crippen molar-refractivity contribution < 1.29 is 14.6 Å². The summed E-state index contributed by atoms with van der Waals surface area (Å²) in [6.07, 6.45) is -1.44. The van der Waals surface area contributed by atoms with Crippen LogP contribution in [0.3, 0.4) is 0 Å². The Bertz CT molecular complexity index is 96.5. The molecule has 0 spiro atoms. The summed E-state index contributed by atoms with van der Waals surface area (Å²) < 4.78 is 4.51. The lowest BCUT2D eigenvalue weighted by atomic mass is 10.4. The Morgan fingerprint density at radius 3 is 2.22 bits per heavy atom. The standard InChI is InChI=1S/C6H11O3/c1-4(2)9-6(8)5(3)7/h4-5,7H,1H2,2-3H3. The zero-order valence-electron chi connectivity index (χ0n) is 5.63. The van der Waals surface area contributed by atoms with E-state index in [-0.39, 0.29) is 0 Å². The molecule has 53 valence electrons. The van der Waals surface area contributed by atoms with Gasteiger partial charge in [0.1, 0.15) is 6.10 Å². The predicted molar refractivity (Wildman–Crippen MR) is 32.6 cm³/mol. The number of hydrogen-bond donors (Lipinski definition) is 1. The molecular formula is C6H11O3. The molecule has 0 aromatic heterocycles. The summed E-state index contributed by atoms with van der Waals surface area (Å²) in [6.45, 7) is 6.38. The van der Waals surface area contributed by atoms with Crippen LogP contribution in [0.2, 0.25) is 0 Å². The predicted octanol–water partition coefficient (Wildman–Crippen LogP) is 0.133. The molecule has 0 aliphatic carbocycles. The van der Waals surface area contributed by atoms with Crippen molar-refractivity contribution in [1.29, 1.82) is 0 Å². The Kier molecular flexibility index (Phi) is 3.24. The minimum atomic E-state index is -1.05. The summed E-state index contributed by atoms with van der Waals surface area (Å²) in [7, 11) is 0. The van der Waals surface area contributed by atoms with Gasteiger partial charge in [0, 0.05) is 0 Å². The monoisotopic (exact) mass is 131 g/mol. The fourth-order valence-electron chi connectivity index (χ4n) is 0.297. The maximum absolute atomic E-state index is 10.4. The van der Waals surface area contributed by atoms with Crippen LogP contribution in [-0.2, 0) is 9.53 Å². The molecule has 1 N–H and O–H groups in total. The highest BCUT2D eigenvalue weighted by atomic mass is 16.6. The number of hydrogen-bond acceptors (Lipinski definition) is 3. The van der Waals surface area contributed by atoms with Crippen LogP contribution in [0, 0.1) is 6.92 Å². The van der Waals surface area contributed by atoms with Crippen LogP contribution in [0.15, 0.2) is 0 Å². The van der Waals surface area contributed by atoms with E-state index < -0.39 is 18.2 Å². The Balaban J connectivity index is 3.51. The van der Waals surface area contributed by atoms with E-state index >= 15 is 0 Å². The van der Waals surface area contributed by atoms with Crippen LogP contribution in [0.4, 0.5) is 0 Å². The Hall–Kier alpha value is -0.570. The first-order valence-corrected chi connectivity index (χ1v) is 2.75. The molecule has 0 saturated carbocycles. The van der Waals surface area contributed by atoms with Gasteiger partial charge in [0.05, 0.1) is 6.10 Å². The second-order valence-electron chi connectivity index (χ2n) is 1.92. The van der Waals surface area contributed by atoms with E-state index in [1.54, 1.807) is 6.92 Å². The van der Waals surface area contributed by atoms with Gasteiger partial charge in [-0.3, -0.25) is 0 Å². The van der Waals surface area contributed by atoms with Crippen LogP contribution in [0.5, 0.6) is 0 Å². The molecule has 0 saturated heterocycles. The van der Waals surface area contributed by atoms with Crippen molar-refractivity contribution in [3.63, 3.8) is 0 Å². The van der Waals surface area contributed by atoms with Crippen molar-refractivity contribution in [2.24, 2.45) is 0 Å². The second kappa shape index (κ2) is 3.45. The number of esters is 1. The lowest BCUT2D eigenvalue weighted by Gasteiger charge is -2.08. The topological polar surface area (TPSA) is 46.5 Å². The van der Waals surface area contributed by atoms with Gasteiger partial charge in [-0.25, -0.2) is 4.79 Å². The number of carbonyl (C=O) groups is 1. The maximum atomic E-state index is 10.4. The largest absolute Gasteiger partial charge is 0.461 e. The lowest BCUT2D eigenvalue weighted by molar-refractivity contribution is -0.155.